The van der Waals surface area contributed by atoms with Crippen LogP contribution in [0.3, 0.4) is 0 Å². The number of rotatable bonds is 3. The first-order valence-electron chi connectivity index (χ1n) is 5.86. The van der Waals surface area contributed by atoms with Crippen molar-refractivity contribution in [1.29, 1.82) is 0 Å². The Bertz CT molecular complexity index is 748. The average molecular weight is 256 g/mol. The van der Waals surface area contributed by atoms with E-state index in [9.17, 15) is 4.79 Å². The number of hydrogen-bond donors (Lipinski definition) is 2. The second-order valence-electron chi connectivity index (χ2n) is 4.19. The fourth-order valence-electron chi connectivity index (χ4n) is 2.10. The highest BCUT2D eigenvalue weighted by Crippen LogP contribution is 2.24. The number of nitrogens with two attached hydrogens (primary N) is 1. The summed E-state index contributed by atoms with van der Waals surface area (Å²) in [6.45, 7) is 0.409. The summed E-state index contributed by atoms with van der Waals surface area (Å²) in [5.41, 5.74) is 8.78. The van der Waals surface area contributed by atoms with E-state index in [1.54, 1.807) is 24.7 Å². The van der Waals surface area contributed by atoms with Crippen LogP contribution in [-0.4, -0.2) is 21.5 Å². The quantitative estimate of drug-likeness (QED) is 0.728. The summed E-state index contributed by atoms with van der Waals surface area (Å²) in [7, 11) is 0. The van der Waals surface area contributed by atoms with Crippen molar-refractivity contribution >= 4 is 11.1 Å². The predicted octanol–water partition coefficient (Wildman–Crippen LogP) is 1.00. The van der Waals surface area contributed by atoms with Crippen LogP contribution in [0.25, 0.3) is 11.1 Å². The van der Waals surface area contributed by atoms with E-state index < -0.39 is 5.76 Å². The Morgan fingerprint density at radius 3 is 3.00 bits per heavy atom. The molecule has 0 aliphatic rings. The number of aromatic nitrogens is 3. The minimum absolute atomic E-state index is 0.0588. The molecule has 0 saturated carbocycles. The van der Waals surface area contributed by atoms with Crippen LogP contribution in [0.15, 0.2) is 46.0 Å². The lowest BCUT2D eigenvalue weighted by molar-refractivity contribution is 0.555. The number of benzene rings is 1. The topological polar surface area (TPSA) is 97.8 Å². The summed E-state index contributed by atoms with van der Waals surface area (Å²) in [5.74, 6) is -0.521. The summed E-state index contributed by atoms with van der Waals surface area (Å²) in [6, 6.07) is 5.49. The Balaban J connectivity index is 2.08. The number of oxazole rings is 1. The van der Waals surface area contributed by atoms with Gasteiger partial charge in [0.2, 0.25) is 0 Å². The van der Waals surface area contributed by atoms with Crippen molar-refractivity contribution in [3.05, 3.63) is 58.6 Å². The van der Waals surface area contributed by atoms with E-state index in [0.717, 1.165) is 11.3 Å². The average Bonchev–Trinajstić information content (AvgIpc) is 2.80. The number of hydrogen-bond acceptors (Lipinski definition) is 5. The second-order valence-corrected chi connectivity index (χ2v) is 4.19. The lowest BCUT2D eigenvalue weighted by Gasteiger charge is -2.13. The predicted molar refractivity (Wildman–Crippen MR) is 69.8 cm³/mol. The van der Waals surface area contributed by atoms with Crippen LogP contribution in [0.1, 0.15) is 17.2 Å². The van der Waals surface area contributed by atoms with Crippen LogP contribution < -0.4 is 11.5 Å². The molecule has 2 heterocycles. The highest BCUT2D eigenvalue weighted by Gasteiger charge is 2.15. The number of nitrogens with zero attached hydrogens (tertiary/aromatic N) is 2. The zero-order chi connectivity index (χ0) is 13.2. The van der Waals surface area contributed by atoms with Crippen molar-refractivity contribution in [1.82, 2.24) is 15.0 Å². The van der Waals surface area contributed by atoms with Gasteiger partial charge in [-0.1, -0.05) is 6.07 Å². The van der Waals surface area contributed by atoms with Gasteiger partial charge in [-0.2, -0.15) is 0 Å². The summed E-state index contributed by atoms with van der Waals surface area (Å²) < 4.78 is 4.97. The van der Waals surface area contributed by atoms with E-state index in [-0.39, 0.29) is 5.92 Å². The number of H-pyrrole nitrogens is 1. The molecule has 1 unspecified atom stereocenters. The summed E-state index contributed by atoms with van der Waals surface area (Å²) in [5, 5.41) is 0. The molecule has 6 nitrogen and oxygen atoms in total. The zero-order valence-electron chi connectivity index (χ0n) is 10.0. The first-order valence-corrected chi connectivity index (χ1v) is 5.86. The lowest BCUT2D eigenvalue weighted by atomic mass is 9.96. The van der Waals surface area contributed by atoms with Crippen molar-refractivity contribution < 1.29 is 4.42 Å². The largest absolute Gasteiger partial charge is 0.417 e. The summed E-state index contributed by atoms with van der Waals surface area (Å²) in [4.78, 5) is 22.1. The molecule has 6 heteroatoms. The third-order valence-electron chi connectivity index (χ3n) is 3.02. The first-order chi connectivity index (χ1) is 9.28. The van der Waals surface area contributed by atoms with Crippen molar-refractivity contribution in [3.63, 3.8) is 0 Å². The van der Waals surface area contributed by atoms with E-state index >= 15 is 0 Å². The molecule has 3 rings (SSSR count). The molecule has 2 aromatic heterocycles. The molecule has 0 spiro atoms. The third-order valence-corrected chi connectivity index (χ3v) is 3.02. The normalized spacial score (nSPS) is 12.7. The highest BCUT2D eigenvalue weighted by molar-refractivity contribution is 5.73. The van der Waals surface area contributed by atoms with Crippen molar-refractivity contribution in [3.8, 4) is 0 Å². The molecule has 0 fully saturated rings. The van der Waals surface area contributed by atoms with Gasteiger partial charge in [0.05, 0.1) is 11.2 Å². The zero-order valence-corrected chi connectivity index (χ0v) is 10.0. The lowest BCUT2D eigenvalue weighted by Crippen LogP contribution is -2.15. The monoisotopic (exact) mass is 256 g/mol. The van der Waals surface area contributed by atoms with Crippen LogP contribution in [0, 0.1) is 0 Å². The van der Waals surface area contributed by atoms with Gasteiger partial charge in [0, 0.05) is 31.1 Å². The summed E-state index contributed by atoms with van der Waals surface area (Å²) in [6.07, 6.45) is 4.95. The van der Waals surface area contributed by atoms with Crippen LogP contribution >= 0.6 is 0 Å². The van der Waals surface area contributed by atoms with Gasteiger partial charge >= 0.3 is 5.76 Å². The van der Waals surface area contributed by atoms with Gasteiger partial charge < -0.3 is 10.2 Å². The fourth-order valence-corrected chi connectivity index (χ4v) is 2.10. The standard InChI is InChI=1S/C13H12N4O2/c14-6-9(11-7-15-3-4-16-11)8-1-2-12-10(5-8)17-13(18)19-12/h1-5,7,9H,6,14H2,(H,17,18). The van der Waals surface area contributed by atoms with Gasteiger partial charge in [-0.3, -0.25) is 15.0 Å². The number of aromatic amines is 1. The molecule has 0 saturated heterocycles. The Labute approximate surface area is 108 Å². The maximum absolute atomic E-state index is 11.1. The molecule has 0 radical (unpaired) electrons. The minimum atomic E-state index is -0.462. The van der Waals surface area contributed by atoms with E-state index in [4.69, 9.17) is 10.2 Å². The molecule has 0 aliphatic heterocycles. The molecule has 1 atom stereocenters. The Kier molecular flexibility index (Phi) is 2.85. The van der Waals surface area contributed by atoms with Gasteiger partial charge in [0.25, 0.3) is 0 Å². The second kappa shape index (κ2) is 4.66. The molecule has 0 aliphatic carbocycles. The molecule has 0 amide bonds. The molecular formula is C13H12N4O2. The van der Waals surface area contributed by atoms with Crippen molar-refractivity contribution in [2.24, 2.45) is 5.73 Å². The van der Waals surface area contributed by atoms with E-state index in [1.807, 2.05) is 12.1 Å². The fraction of sp³-hybridized carbons (Fsp3) is 0.154. The minimum Gasteiger partial charge on any atom is -0.408 e. The van der Waals surface area contributed by atoms with E-state index in [0.29, 0.717) is 17.6 Å². The Morgan fingerprint density at radius 2 is 2.26 bits per heavy atom. The van der Waals surface area contributed by atoms with Crippen LogP contribution in [0.5, 0.6) is 0 Å². The summed E-state index contributed by atoms with van der Waals surface area (Å²) >= 11 is 0. The van der Waals surface area contributed by atoms with Gasteiger partial charge in [-0.15, -0.1) is 0 Å². The molecule has 96 valence electrons. The van der Waals surface area contributed by atoms with Crippen molar-refractivity contribution in [2.75, 3.05) is 6.54 Å². The molecule has 1 aromatic carbocycles. The maximum atomic E-state index is 11.1. The van der Waals surface area contributed by atoms with Crippen LogP contribution in [-0.2, 0) is 0 Å². The SMILES string of the molecule is NCC(c1ccc2oc(=O)[nH]c2c1)c1cnccn1. The Morgan fingerprint density at radius 1 is 1.37 bits per heavy atom. The van der Waals surface area contributed by atoms with E-state index in [1.165, 1.54) is 0 Å². The van der Waals surface area contributed by atoms with Gasteiger partial charge in [0.1, 0.15) is 0 Å². The molecule has 0 bridgehead atoms. The third kappa shape index (κ3) is 2.13. The maximum Gasteiger partial charge on any atom is 0.417 e. The number of nitrogens with one attached hydrogen (secondary N) is 1. The molecule has 19 heavy (non-hydrogen) atoms. The van der Waals surface area contributed by atoms with Gasteiger partial charge in [0.15, 0.2) is 5.58 Å². The molecule has 3 aromatic rings. The molecular weight excluding hydrogens is 244 g/mol. The van der Waals surface area contributed by atoms with Gasteiger partial charge in [-0.05, 0) is 17.7 Å². The van der Waals surface area contributed by atoms with Crippen molar-refractivity contribution in [2.45, 2.75) is 5.92 Å². The van der Waals surface area contributed by atoms with Crippen LogP contribution in [0.2, 0.25) is 0 Å². The highest BCUT2D eigenvalue weighted by atomic mass is 16.4. The van der Waals surface area contributed by atoms with Crippen LogP contribution in [0.4, 0.5) is 0 Å². The van der Waals surface area contributed by atoms with Gasteiger partial charge in [-0.25, -0.2) is 4.79 Å². The first kappa shape index (κ1) is 11.6. The van der Waals surface area contributed by atoms with E-state index in [2.05, 4.69) is 15.0 Å². The smallest absolute Gasteiger partial charge is 0.408 e. The number of fused-ring (bicyclic) bond motifs is 1. The Hall–Kier alpha value is -2.47. The molecule has 3 N–H and O–H groups in total.